The summed E-state index contributed by atoms with van der Waals surface area (Å²) in [6.45, 7) is 1.82. The second-order valence-electron chi connectivity index (χ2n) is 4.14. The zero-order chi connectivity index (χ0) is 10.7. The van der Waals surface area contributed by atoms with Gasteiger partial charge in [0.25, 0.3) is 0 Å². The lowest BCUT2D eigenvalue weighted by atomic mass is 9.73. The molecule has 0 amide bonds. The second kappa shape index (κ2) is 4.35. The summed E-state index contributed by atoms with van der Waals surface area (Å²) in [7, 11) is 0. The number of rotatable bonds is 3. The van der Waals surface area contributed by atoms with E-state index in [0.717, 1.165) is 18.4 Å². The fourth-order valence-corrected chi connectivity index (χ4v) is 2.15. The number of nitrogens with two attached hydrogens (primary N) is 1. The number of furan rings is 1. The Morgan fingerprint density at radius 2 is 2.20 bits per heavy atom. The third-order valence-electron chi connectivity index (χ3n) is 3.33. The van der Waals surface area contributed by atoms with Gasteiger partial charge in [-0.2, -0.15) is 0 Å². The number of hydrogen-bond acceptors (Lipinski definition) is 4. The van der Waals surface area contributed by atoms with Gasteiger partial charge in [-0.1, -0.05) is 0 Å². The van der Waals surface area contributed by atoms with Gasteiger partial charge in [0.2, 0.25) is 0 Å². The maximum Gasteiger partial charge on any atom is 0.0960 e. The van der Waals surface area contributed by atoms with Crippen molar-refractivity contribution in [3.63, 3.8) is 0 Å². The van der Waals surface area contributed by atoms with E-state index in [-0.39, 0.29) is 5.41 Å². The van der Waals surface area contributed by atoms with Crippen molar-refractivity contribution < 1.29 is 14.3 Å². The van der Waals surface area contributed by atoms with Crippen molar-refractivity contribution in [2.75, 3.05) is 19.8 Å². The molecule has 1 aromatic rings. The molecule has 4 heteroatoms. The lowest BCUT2D eigenvalue weighted by Crippen LogP contribution is -2.41. The minimum absolute atomic E-state index is 0.248. The SMILES string of the molecule is NCC1(C(O)c2ccoc2)CCOCC1. The maximum atomic E-state index is 10.3. The van der Waals surface area contributed by atoms with Gasteiger partial charge in [-0.25, -0.2) is 0 Å². The molecule has 1 aromatic heterocycles. The van der Waals surface area contributed by atoms with Crippen molar-refractivity contribution in [1.82, 2.24) is 0 Å². The van der Waals surface area contributed by atoms with E-state index in [1.165, 1.54) is 0 Å². The van der Waals surface area contributed by atoms with Crippen molar-refractivity contribution in [1.29, 1.82) is 0 Å². The summed E-state index contributed by atoms with van der Waals surface area (Å²) in [5.74, 6) is 0. The molecule has 15 heavy (non-hydrogen) atoms. The minimum Gasteiger partial charge on any atom is -0.472 e. The first kappa shape index (κ1) is 10.7. The molecule has 3 N–H and O–H groups in total. The van der Waals surface area contributed by atoms with Crippen LogP contribution in [0, 0.1) is 5.41 Å². The topological polar surface area (TPSA) is 68.6 Å². The first-order valence-corrected chi connectivity index (χ1v) is 5.26. The highest BCUT2D eigenvalue weighted by Crippen LogP contribution is 2.41. The van der Waals surface area contributed by atoms with Crippen LogP contribution < -0.4 is 5.73 Å². The van der Waals surface area contributed by atoms with Crippen LogP contribution in [0.1, 0.15) is 24.5 Å². The first-order chi connectivity index (χ1) is 7.28. The van der Waals surface area contributed by atoms with Gasteiger partial charge in [-0.05, 0) is 18.9 Å². The maximum absolute atomic E-state index is 10.3. The van der Waals surface area contributed by atoms with Gasteiger partial charge < -0.3 is 20.0 Å². The molecule has 84 valence electrons. The fraction of sp³-hybridized carbons (Fsp3) is 0.636. The molecule has 1 aliphatic rings. The van der Waals surface area contributed by atoms with Gasteiger partial charge in [0.15, 0.2) is 0 Å². The third kappa shape index (κ3) is 1.93. The van der Waals surface area contributed by atoms with Gasteiger partial charge in [-0.3, -0.25) is 0 Å². The number of ether oxygens (including phenoxy) is 1. The zero-order valence-corrected chi connectivity index (χ0v) is 8.69. The van der Waals surface area contributed by atoms with E-state index in [9.17, 15) is 5.11 Å². The van der Waals surface area contributed by atoms with E-state index < -0.39 is 6.10 Å². The molecule has 1 saturated heterocycles. The standard InChI is InChI=1S/C11H17NO3/c12-8-11(2-5-14-6-3-11)10(13)9-1-4-15-7-9/h1,4,7,10,13H,2-3,5-6,8,12H2. The Balaban J connectivity index is 2.18. The van der Waals surface area contributed by atoms with Crippen molar-refractivity contribution in [2.45, 2.75) is 18.9 Å². The molecule has 4 nitrogen and oxygen atoms in total. The summed E-state index contributed by atoms with van der Waals surface area (Å²) in [4.78, 5) is 0. The van der Waals surface area contributed by atoms with E-state index >= 15 is 0 Å². The molecule has 0 aromatic carbocycles. The lowest BCUT2D eigenvalue weighted by Gasteiger charge is -2.39. The van der Waals surface area contributed by atoms with E-state index in [0.29, 0.717) is 19.8 Å². The summed E-state index contributed by atoms with van der Waals surface area (Å²) < 4.78 is 10.3. The van der Waals surface area contributed by atoms with Crippen molar-refractivity contribution in [3.8, 4) is 0 Å². The monoisotopic (exact) mass is 211 g/mol. The van der Waals surface area contributed by atoms with E-state index in [2.05, 4.69) is 0 Å². The summed E-state index contributed by atoms with van der Waals surface area (Å²) in [5.41, 5.74) is 6.36. The van der Waals surface area contributed by atoms with Gasteiger partial charge in [-0.15, -0.1) is 0 Å². The molecule has 0 bridgehead atoms. The Morgan fingerprint density at radius 1 is 1.47 bits per heavy atom. The average Bonchev–Trinajstić information content (AvgIpc) is 2.82. The van der Waals surface area contributed by atoms with Crippen LogP contribution >= 0.6 is 0 Å². The van der Waals surface area contributed by atoms with Crippen LogP contribution in [0.2, 0.25) is 0 Å². The van der Waals surface area contributed by atoms with E-state index in [4.69, 9.17) is 14.9 Å². The Bertz CT molecular complexity index is 291. The highest BCUT2D eigenvalue weighted by atomic mass is 16.5. The van der Waals surface area contributed by atoms with Gasteiger partial charge in [0.1, 0.15) is 0 Å². The summed E-state index contributed by atoms with van der Waals surface area (Å²) in [6.07, 6.45) is 4.20. The summed E-state index contributed by atoms with van der Waals surface area (Å²) in [5, 5.41) is 10.3. The highest BCUT2D eigenvalue weighted by Gasteiger charge is 2.39. The molecule has 0 saturated carbocycles. The molecule has 0 radical (unpaired) electrons. The largest absolute Gasteiger partial charge is 0.472 e. The predicted molar refractivity (Wildman–Crippen MR) is 55.2 cm³/mol. The summed E-state index contributed by atoms with van der Waals surface area (Å²) in [6, 6.07) is 1.79. The molecule has 1 aliphatic heterocycles. The quantitative estimate of drug-likeness (QED) is 0.784. The molecule has 2 rings (SSSR count). The van der Waals surface area contributed by atoms with Gasteiger partial charge >= 0.3 is 0 Å². The summed E-state index contributed by atoms with van der Waals surface area (Å²) >= 11 is 0. The Hall–Kier alpha value is -0.840. The normalized spacial score (nSPS) is 22.5. The lowest BCUT2D eigenvalue weighted by molar-refractivity contribution is -0.0583. The Labute approximate surface area is 89.0 Å². The predicted octanol–water partition coefficient (Wildman–Crippen LogP) is 1.07. The smallest absolute Gasteiger partial charge is 0.0960 e. The van der Waals surface area contributed by atoms with Crippen molar-refractivity contribution >= 4 is 0 Å². The van der Waals surface area contributed by atoms with Crippen molar-refractivity contribution in [3.05, 3.63) is 24.2 Å². The molecule has 0 spiro atoms. The van der Waals surface area contributed by atoms with E-state index in [1.807, 2.05) is 0 Å². The van der Waals surface area contributed by atoms with Crippen LogP contribution in [0.15, 0.2) is 23.0 Å². The number of aliphatic hydroxyl groups is 1. The van der Waals surface area contributed by atoms with Gasteiger partial charge in [0.05, 0.1) is 18.6 Å². The minimum atomic E-state index is -0.551. The van der Waals surface area contributed by atoms with Crippen LogP contribution in [0.3, 0.4) is 0 Å². The van der Waals surface area contributed by atoms with Crippen molar-refractivity contribution in [2.24, 2.45) is 11.1 Å². The molecular weight excluding hydrogens is 194 g/mol. The third-order valence-corrected chi connectivity index (χ3v) is 3.33. The van der Waals surface area contributed by atoms with Crippen LogP contribution in [-0.2, 0) is 4.74 Å². The van der Waals surface area contributed by atoms with Crippen LogP contribution in [-0.4, -0.2) is 24.9 Å². The average molecular weight is 211 g/mol. The molecule has 1 unspecified atom stereocenters. The molecule has 2 heterocycles. The molecule has 1 fully saturated rings. The second-order valence-corrected chi connectivity index (χ2v) is 4.14. The fourth-order valence-electron chi connectivity index (χ4n) is 2.15. The van der Waals surface area contributed by atoms with Gasteiger partial charge in [0, 0.05) is 30.7 Å². The number of hydrogen-bond donors (Lipinski definition) is 2. The zero-order valence-electron chi connectivity index (χ0n) is 8.69. The Kier molecular flexibility index (Phi) is 3.09. The molecular formula is C11H17NO3. The Morgan fingerprint density at radius 3 is 2.73 bits per heavy atom. The van der Waals surface area contributed by atoms with Crippen LogP contribution in [0.5, 0.6) is 0 Å². The van der Waals surface area contributed by atoms with E-state index in [1.54, 1.807) is 18.6 Å². The van der Waals surface area contributed by atoms with Crippen LogP contribution in [0.4, 0.5) is 0 Å². The van der Waals surface area contributed by atoms with Crippen LogP contribution in [0.25, 0.3) is 0 Å². The first-order valence-electron chi connectivity index (χ1n) is 5.26. The number of aliphatic hydroxyl groups excluding tert-OH is 1. The highest BCUT2D eigenvalue weighted by molar-refractivity contribution is 5.14. The molecule has 0 aliphatic carbocycles. The molecule has 1 atom stereocenters.